The van der Waals surface area contributed by atoms with Crippen LogP contribution in [0.15, 0.2) is 11.7 Å². The van der Waals surface area contributed by atoms with Crippen LogP contribution in [0.3, 0.4) is 0 Å². The van der Waals surface area contributed by atoms with Crippen LogP contribution in [0.5, 0.6) is 0 Å². The van der Waals surface area contributed by atoms with E-state index in [1.165, 1.54) is 24.8 Å². The van der Waals surface area contributed by atoms with Gasteiger partial charge in [0.2, 0.25) is 0 Å². The van der Waals surface area contributed by atoms with Gasteiger partial charge in [0.05, 0.1) is 7.11 Å². The zero-order valence-corrected chi connectivity index (χ0v) is 8.04. The van der Waals surface area contributed by atoms with Crippen molar-refractivity contribution in [1.29, 1.82) is 0 Å². The Morgan fingerprint density at radius 1 is 1.64 bits per heavy atom. The molecule has 7 heteroatoms. The van der Waals surface area contributed by atoms with Crippen molar-refractivity contribution in [1.82, 2.24) is 20.2 Å². The molecule has 0 fully saturated rings. The van der Waals surface area contributed by atoms with Gasteiger partial charge >= 0.3 is 5.97 Å². The Hall–Kier alpha value is -1.76. The van der Waals surface area contributed by atoms with E-state index in [0.717, 1.165) is 0 Å². The van der Waals surface area contributed by atoms with Gasteiger partial charge in [-0.15, -0.1) is 11.3 Å². The van der Waals surface area contributed by atoms with Gasteiger partial charge in [-0.05, 0) is 0 Å². The van der Waals surface area contributed by atoms with E-state index in [1.807, 2.05) is 0 Å². The number of ether oxygens (including phenoxy) is 1. The van der Waals surface area contributed by atoms with E-state index in [4.69, 9.17) is 0 Å². The lowest BCUT2D eigenvalue weighted by Gasteiger charge is -1.90. The van der Waals surface area contributed by atoms with Gasteiger partial charge in [0, 0.05) is 5.38 Å². The highest BCUT2D eigenvalue weighted by atomic mass is 32.1. The van der Waals surface area contributed by atoms with Crippen molar-refractivity contribution in [2.24, 2.45) is 0 Å². The molecule has 2 aromatic heterocycles. The fourth-order valence-electron chi connectivity index (χ4n) is 0.889. The van der Waals surface area contributed by atoms with Crippen molar-refractivity contribution in [3.63, 3.8) is 0 Å². The number of carbonyl (C=O) groups excluding carboxylic acids is 1. The predicted molar refractivity (Wildman–Crippen MR) is 48.8 cm³/mol. The molecule has 0 saturated carbocycles. The summed E-state index contributed by atoms with van der Waals surface area (Å²) in [5.74, 6) is 0.0946. The average Bonchev–Trinajstić information content (AvgIpc) is 2.86. The standard InChI is InChI=1S/C7H6N4O2S/c1-13-7(12)4-2-14-6(10-4)5-8-3-9-11-5/h2-3H,1H3,(H,8,9,11). The Morgan fingerprint density at radius 2 is 2.50 bits per heavy atom. The minimum atomic E-state index is -0.452. The number of esters is 1. The Labute approximate surface area is 83.0 Å². The van der Waals surface area contributed by atoms with Crippen LogP contribution in [0.25, 0.3) is 10.8 Å². The fraction of sp³-hybridized carbons (Fsp3) is 0.143. The molecule has 2 rings (SSSR count). The second kappa shape index (κ2) is 3.54. The Morgan fingerprint density at radius 3 is 3.14 bits per heavy atom. The molecule has 0 aromatic carbocycles. The van der Waals surface area contributed by atoms with Gasteiger partial charge < -0.3 is 4.74 Å². The van der Waals surface area contributed by atoms with Crippen LogP contribution >= 0.6 is 11.3 Å². The van der Waals surface area contributed by atoms with Crippen molar-refractivity contribution in [2.45, 2.75) is 0 Å². The monoisotopic (exact) mass is 210 g/mol. The summed E-state index contributed by atoms with van der Waals surface area (Å²) in [5, 5.41) is 8.57. The third-order valence-electron chi connectivity index (χ3n) is 1.52. The Balaban J connectivity index is 2.31. The summed E-state index contributed by atoms with van der Waals surface area (Å²) in [6, 6.07) is 0. The van der Waals surface area contributed by atoms with E-state index in [1.54, 1.807) is 5.38 Å². The zero-order chi connectivity index (χ0) is 9.97. The first-order valence-electron chi connectivity index (χ1n) is 3.71. The number of thiazole rings is 1. The molecule has 0 atom stereocenters. The molecule has 0 radical (unpaired) electrons. The van der Waals surface area contributed by atoms with E-state index < -0.39 is 5.97 Å². The zero-order valence-electron chi connectivity index (χ0n) is 7.22. The molecule has 1 N–H and O–H groups in total. The lowest BCUT2D eigenvalue weighted by molar-refractivity contribution is 0.0595. The lowest BCUT2D eigenvalue weighted by atomic mass is 10.5. The number of nitrogens with zero attached hydrogens (tertiary/aromatic N) is 3. The summed E-state index contributed by atoms with van der Waals surface area (Å²) >= 11 is 1.31. The average molecular weight is 210 g/mol. The number of carbonyl (C=O) groups is 1. The van der Waals surface area contributed by atoms with Gasteiger partial charge in [-0.1, -0.05) is 0 Å². The van der Waals surface area contributed by atoms with Gasteiger partial charge in [0.25, 0.3) is 0 Å². The topological polar surface area (TPSA) is 80.8 Å². The molecule has 14 heavy (non-hydrogen) atoms. The number of hydrogen-bond acceptors (Lipinski definition) is 6. The summed E-state index contributed by atoms with van der Waals surface area (Å²) in [6.07, 6.45) is 1.38. The molecule has 0 saturated heterocycles. The first kappa shape index (κ1) is 8.82. The molecular formula is C7H6N4O2S. The van der Waals surface area contributed by atoms with Gasteiger partial charge in [-0.3, -0.25) is 5.10 Å². The van der Waals surface area contributed by atoms with E-state index in [9.17, 15) is 4.79 Å². The van der Waals surface area contributed by atoms with Crippen LogP contribution in [-0.4, -0.2) is 33.2 Å². The van der Waals surface area contributed by atoms with Crippen molar-refractivity contribution in [3.05, 3.63) is 17.4 Å². The lowest BCUT2D eigenvalue weighted by Crippen LogP contribution is -2.01. The van der Waals surface area contributed by atoms with Crippen molar-refractivity contribution < 1.29 is 9.53 Å². The third-order valence-corrected chi connectivity index (χ3v) is 2.37. The highest BCUT2D eigenvalue weighted by Crippen LogP contribution is 2.19. The number of H-pyrrole nitrogens is 1. The Bertz CT molecular complexity index is 436. The molecule has 2 aromatic rings. The number of nitrogens with one attached hydrogen (secondary N) is 1. The van der Waals surface area contributed by atoms with Crippen LogP contribution in [0, 0.1) is 0 Å². The summed E-state index contributed by atoms with van der Waals surface area (Å²) in [4.78, 5) is 19.0. The first-order chi connectivity index (χ1) is 6.81. The number of aromatic nitrogens is 4. The maximum atomic E-state index is 11.1. The van der Waals surface area contributed by atoms with Crippen molar-refractivity contribution >= 4 is 17.3 Å². The normalized spacial score (nSPS) is 10.1. The van der Waals surface area contributed by atoms with Gasteiger partial charge in [-0.25, -0.2) is 14.8 Å². The summed E-state index contributed by atoms with van der Waals surface area (Å²) < 4.78 is 4.53. The van der Waals surface area contributed by atoms with E-state index in [0.29, 0.717) is 10.8 Å². The van der Waals surface area contributed by atoms with Crippen molar-refractivity contribution in [2.75, 3.05) is 7.11 Å². The number of methoxy groups -OCH3 is 1. The second-order valence-electron chi connectivity index (χ2n) is 2.36. The smallest absolute Gasteiger partial charge is 0.357 e. The van der Waals surface area contributed by atoms with E-state index in [-0.39, 0.29) is 5.69 Å². The van der Waals surface area contributed by atoms with Gasteiger partial charge in [0.15, 0.2) is 16.5 Å². The SMILES string of the molecule is COC(=O)c1csc(-c2ncn[nH]2)n1. The van der Waals surface area contributed by atoms with Crippen LogP contribution in [0.2, 0.25) is 0 Å². The number of aromatic amines is 1. The molecule has 0 aliphatic carbocycles. The fourth-order valence-corrected chi connectivity index (χ4v) is 1.62. The highest BCUT2D eigenvalue weighted by Gasteiger charge is 2.12. The molecule has 0 bridgehead atoms. The van der Waals surface area contributed by atoms with E-state index in [2.05, 4.69) is 24.9 Å². The minimum absolute atomic E-state index is 0.281. The molecule has 0 aliphatic heterocycles. The molecule has 6 nitrogen and oxygen atoms in total. The van der Waals surface area contributed by atoms with Crippen LogP contribution in [-0.2, 0) is 4.74 Å². The minimum Gasteiger partial charge on any atom is -0.464 e. The summed E-state index contributed by atoms with van der Waals surface area (Å²) in [5.41, 5.74) is 0.281. The first-order valence-corrected chi connectivity index (χ1v) is 4.59. The van der Waals surface area contributed by atoms with Crippen LogP contribution in [0.4, 0.5) is 0 Å². The van der Waals surface area contributed by atoms with Crippen LogP contribution in [0.1, 0.15) is 10.5 Å². The maximum absolute atomic E-state index is 11.1. The van der Waals surface area contributed by atoms with Gasteiger partial charge in [0.1, 0.15) is 6.33 Å². The molecule has 2 heterocycles. The van der Waals surface area contributed by atoms with Gasteiger partial charge in [-0.2, -0.15) is 5.10 Å². The molecule has 0 aliphatic rings. The number of rotatable bonds is 2. The maximum Gasteiger partial charge on any atom is 0.357 e. The van der Waals surface area contributed by atoms with Crippen molar-refractivity contribution in [3.8, 4) is 10.8 Å². The molecular weight excluding hydrogens is 204 g/mol. The molecule has 0 spiro atoms. The third kappa shape index (κ3) is 1.49. The quantitative estimate of drug-likeness (QED) is 0.738. The number of hydrogen-bond donors (Lipinski definition) is 1. The largest absolute Gasteiger partial charge is 0.464 e. The molecule has 0 amide bonds. The molecule has 0 unspecified atom stereocenters. The predicted octanol–water partition coefficient (Wildman–Crippen LogP) is 0.715. The van der Waals surface area contributed by atoms with Crippen LogP contribution < -0.4 is 0 Å². The summed E-state index contributed by atoms with van der Waals surface area (Å²) in [7, 11) is 1.32. The second-order valence-corrected chi connectivity index (χ2v) is 3.22. The molecule has 72 valence electrons. The Kier molecular flexibility index (Phi) is 2.23. The van der Waals surface area contributed by atoms with E-state index >= 15 is 0 Å². The summed E-state index contributed by atoms with van der Waals surface area (Å²) in [6.45, 7) is 0. The highest BCUT2D eigenvalue weighted by molar-refractivity contribution is 7.13.